The molecule has 0 spiro atoms. The van der Waals surface area contributed by atoms with E-state index in [4.69, 9.17) is 16.2 Å². The molecular formula is C29H35N3O3S. The predicted molar refractivity (Wildman–Crippen MR) is 147 cm³/mol. The van der Waals surface area contributed by atoms with Gasteiger partial charge in [0.25, 0.3) is 0 Å². The Morgan fingerprint density at radius 2 is 1.25 bits per heavy atom. The van der Waals surface area contributed by atoms with Crippen LogP contribution in [-0.2, 0) is 14.3 Å². The van der Waals surface area contributed by atoms with Gasteiger partial charge in [-0.25, -0.2) is 9.69 Å². The molecule has 3 rings (SSSR count). The molecule has 0 saturated carbocycles. The minimum absolute atomic E-state index is 0.0350. The second-order valence-electron chi connectivity index (χ2n) is 9.46. The summed E-state index contributed by atoms with van der Waals surface area (Å²) in [4.78, 5) is 27.1. The number of ether oxygens (including phenoxy) is 1. The van der Waals surface area contributed by atoms with Crippen molar-refractivity contribution in [3.05, 3.63) is 108 Å². The van der Waals surface area contributed by atoms with Crippen molar-refractivity contribution in [2.24, 2.45) is 11.5 Å². The molecule has 1 atom stereocenters. The van der Waals surface area contributed by atoms with Crippen LogP contribution >= 0.6 is 11.8 Å². The van der Waals surface area contributed by atoms with Crippen molar-refractivity contribution >= 4 is 23.8 Å². The predicted octanol–water partition coefficient (Wildman–Crippen LogP) is 4.76. The van der Waals surface area contributed by atoms with Crippen LogP contribution in [-0.4, -0.2) is 47.4 Å². The van der Waals surface area contributed by atoms with Gasteiger partial charge in [-0.3, -0.25) is 4.79 Å². The summed E-state index contributed by atoms with van der Waals surface area (Å²) in [5.41, 5.74) is 14.6. The zero-order valence-electron chi connectivity index (χ0n) is 21.1. The topological polar surface area (TPSA) is 98.6 Å². The van der Waals surface area contributed by atoms with E-state index in [1.54, 1.807) is 32.5 Å². The molecule has 0 aromatic heterocycles. The van der Waals surface area contributed by atoms with E-state index in [1.807, 2.05) is 54.6 Å². The second-order valence-corrected chi connectivity index (χ2v) is 10.7. The molecule has 0 heterocycles. The Hall–Kier alpha value is -3.13. The molecule has 3 aromatic carbocycles. The van der Waals surface area contributed by atoms with E-state index in [0.717, 1.165) is 21.6 Å². The molecule has 36 heavy (non-hydrogen) atoms. The third kappa shape index (κ3) is 6.55. The maximum absolute atomic E-state index is 13.3. The van der Waals surface area contributed by atoms with E-state index < -0.39 is 28.4 Å². The lowest BCUT2D eigenvalue weighted by Gasteiger charge is -2.36. The fourth-order valence-corrected chi connectivity index (χ4v) is 5.47. The second kappa shape index (κ2) is 12.2. The number of amides is 2. The lowest BCUT2D eigenvalue weighted by molar-refractivity contribution is -0.131. The number of carbonyl (C=O) groups is 2. The van der Waals surface area contributed by atoms with Crippen LogP contribution in [0.15, 0.2) is 91.0 Å². The van der Waals surface area contributed by atoms with Crippen LogP contribution in [0.4, 0.5) is 4.79 Å². The van der Waals surface area contributed by atoms with Crippen LogP contribution in [0.5, 0.6) is 0 Å². The van der Waals surface area contributed by atoms with E-state index in [9.17, 15) is 9.59 Å². The van der Waals surface area contributed by atoms with Gasteiger partial charge in [0.15, 0.2) is 0 Å². The van der Waals surface area contributed by atoms with Gasteiger partial charge < -0.3 is 16.2 Å². The van der Waals surface area contributed by atoms with Crippen LogP contribution < -0.4 is 11.5 Å². The summed E-state index contributed by atoms with van der Waals surface area (Å²) in [5.74, 6) is -0.244. The van der Waals surface area contributed by atoms with E-state index in [-0.39, 0.29) is 18.8 Å². The van der Waals surface area contributed by atoms with Gasteiger partial charge in [0.2, 0.25) is 5.91 Å². The van der Waals surface area contributed by atoms with Gasteiger partial charge in [0.05, 0.1) is 10.8 Å². The average molecular weight is 506 g/mol. The Balaban J connectivity index is 1.98. The van der Waals surface area contributed by atoms with Crippen LogP contribution in [0.1, 0.15) is 37.5 Å². The first kappa shape index (κ1) is 27.5. The molecule has 0 aliphatic rings. The molecule has 0 fully saturated rings. The molecule has 190 valence electrons. The van der Waals surface area contributed by atoms with E-state index in [1.165, 1.54) is 0 Å². The Labute approximate surface area is 218 Å². The molecule has 7 heteroatoms. The van der Waals surface area contributed by atoms with Crippen molar-refractivity contribution in [3.63, 3.8) is 0 Å². The van der Waals surface area contributed by atoms with Crippen molar-refractivity contribution in [2.45, 2.75) is 37.2 Å². The highest BCUT2D eigenvalue weighted by Gasteiger charge is 2.39. The fourth-order valence-electron chi connectivity index (χ4n) is 3.99. The Bertz CT molecular complexity index is 1020. The van der Waals surface area contributed by atoms with Crippen LogP contribution in [0, 0.1) is 0 Å². The average Bonchev–Trinajstić information content (AvgIpc) is 2.88. The van der Waals surface area contributed by atoms with Crippen molar-refractivity contribution in [3.8, 4) is 0 Å². The van der Waals surface area contributed by atoms with E-state index >= 15 is 0 Å². The summed E-state index contributed by atoms with van der Waals surface area (Å²) in [6, 6.07) is 29.6. The molecule has 0 radical (unpaired) electrons. The molecule has 0 aliphatic carbocycles. The first-order chi connectivity index (χ1) is 17.2. The number of imide groups is 1. The van der Waals surface area contributed by atoms with Gasteiger partial charge in [-0.2, -0.15) is 0 Å². The first-order valence-corrected chi connectivity index (χ1v) is 13.0. The lowest BCUT2D eigenvalue weighted by Crippen LogP contribution is -2.51. The zero-order valence-corrected chi connectivity index (χ0v) is 21.9. The molecule has 6 nitrogen and oxygen atoms in total. The Kier molecular flexibility index (Phi) is 9.31. The van der Waals surface area contributed by atoms with Crippen LogP contribution in [0.25, 0.3) is 0 Å². The summed E-state index contributed by atoms with van der Waals surface area (Å²) < 4.78 is 4.81. The van der Waals surface area contributed by atoms with Gasteiger partial charge in [-0.05, 0) is 37.5 Å². The summed E-state index contributed by atoms with van der Waals surface area (Å²) in [6.45, 7) is 5.40. The van der Waals surface area contributed by atoms with Gasteiger partial charge in [-0.15, -0.1) is 11.8 Å². The normalized spacial score (nSPS) is 12.6. The van der Waals surface area contributed by atoms with Crippen LogP contribution in [0.3, 0.4) is 0 Å². The molecule has 3 aromatic rings. The Morgan fingerprint density at radius 3 is 1.61 bits per heavy atom. The molecular weight excluding hydrogens is 470 g/mol. The summed E-state index contributed by atoms with van der Waals surface area (Å²) in [6.07, 6.45) is -0.737. The number of hydrogen-bond acceptors (Lipinski definition) is 6. The minimum atomic E-state index is -0.940. The highest BCUT2D eigenvalue weighted by atomic mass is 32.2. The van der Waals surface area contributed by atoms with Crippen molar-refractivity contribution in [1.82, 2.24) is 4.90 Å². The number of rotatable bonds is 9. The smallest absolute Gasteiger partial charge is 0.417 e. The number of thioether (sulfide) groups is 1. The molecule has 2 amide bonds. The number of benzene rings is 3. The highest BCUT2D eigenvalue weighted by Crippen LogP contribution is 2.48. The van der Waals surface area contributed by atoms with Crippen LogP contribution in [0.2, 0.25) is 0 Å². The van der Waals surface area contributed by atoms with Crippen molar-refractivity contribution < 1.29 is 14.3 Å². The van der Waals surface area contributed by atoms with Crippen molar-refractivity contribution in [1.29, 1.82) is 0 Å². The lowest BCUT2D eigenvalue weighted by atomic mass is 9.84. The minimum Gasteiger partial charge on any atom is -0.443 e. The quantitative estimate of drug-likeness (QED) is 0.407. The summed E-state index contributed by atoms with van der Waals surface area (Å²) in [5, 5.41) is 0. The number of hydrogen-bond donors (Lipinski definition) is 2. The fraction of sp³-hybridized carbons (Fsp3) is 0.310. The maximum Gasteiger partial charge on any atom is 0.417 e. The zero-order chi connectivity index (χ0) is 26.2. The monoisotopic (exact) mass is 505 g/mol. The van der Waals surface area contributed by atoms with Gasteiger partial charge in [0, 0.05) is 18.8 Å². The molecule has 0 unspecified atom stereocenters. The third-order valence-corrected chi connectivity index (χ3v) is 7.24. The third-order valence-electron chi connectivity index (χ3n) is 5.57. The largest absolute Gasteiger partial charge is 0.443 e. The van der Waals surface area contributed by atoms with Crippen molar-refractivity contribution in [2.75, 3.05) is 18.8 Å². The first-order valence-electron chi connectivity index (χ1n) is 12.0. The highest BCUT2D eigenvalue weighted by molar-refractivity contribution is 8.00. The van der Waals surface area contributed by atoms with Gasteiger partial charge in [-0.1, -0.05) is 91.0 Å². The number of carbonyl (C=O) groups excluding carboxylic acids is 2. The molecule has 0 aliphatic heterocycles. The maximum atomic E-state index is 13.3. The number of nitrogens with zero attached hydrogens (tertiary/aromatic N) is 1. The molecule has 4 N–H and O–H groups in total. The molecule has 0 saturated heterocycles. The number of nitrogens with two attached hydrogens (primary N) is 2. The van der Waals surface area contributed by atoms with E-state index in [2.05, 4.69) is 36.4 Å². The molecule has 0 bridgehead atoms. The summed E-state index contributed by atoms with van der Waals surface area (Å²) in [7, 11) is 0. The SMILES string of the molecule is CC(C)(C)OC(=O)N(CCN)C(=O)[C@@H](N)CSC(c1ccccc1)(c1ccccc1)c1ccccc1. The van der Waals surface area contributed by atoms with E-state index in [0.29, 0.717) is 0 Å². The Morgan fingerprint density at radius 1 is 0.833 bits per heavy atom. The standard InChI is InChI=1S/C29H35N3O3S/c1-28(2,3)35-27(34)32(20-19-30)26(33)25(31)21-36-29(22-13-7-4-8-14-22,23-15-9-5-10-16-23)24-17-11-6-12-18-24/h4-18,25H,19-21,30-31H2,1-3H3/t25-/m0/s1. The van der Waals surface area contributed by atoms with Gasteiger partial charge in [0.1, 0.15) is 5.60 Å². The summed E-state index contributed by atoms with van der Waals surface area (Å²) >= 11 is 1.57. The van der Waals surface area contributed by atoms with Gasteiger partial charge >= 0.3 is 6.09 Å².